The van der Waals surface area contributed by atoms with E-state index in [1.807, 2.05) is 0 Å². The molecule has 0 amide bonds. The molecule has 2 aromatic rings. The van der Waals surface area contributed by atoms with Crippen LogP contribution in [0.4, 0.5) is 5.69 Å². The molecule has 0 saturated carbocycles. The van der Waals surface area contributed by atoms with Crippen molar-refractivity contribution >= 4 is 44.8 Å². The fraction of sp³-hybridized carbons (Fsp3) is 0. The van der Waals surface area contributed by atoms with Crippen LogP contribution in [-0.4, -0.2) is 13.3 Å². The van der Waals surface area contributed by atoms with E-state index in [0.717, 1.165) is 12.1 Å². The van der Waals surface area contributed by atoms with Gasteiger partial charge in [0.1, 0.15) is 11.0 Å². The molecule has 0 radical (unpaired) electrons. The van der Waals surface area contributed by atoms with Crippen molar-refractivity contribution < 1.29 is 13.3 Å². The molecule has 6 nitrogen and oxygen atoms in total. The number of hydrogen-bond acceptors (Lipinski definition) is 5. The van der Waals surface area contributed by atoms with Crippen molar-refractivity contribution in [3.05, 3.63) is 73.1 Å². The van der Waals surface area contributed by atoms with Gasteiger partial charge in [0.05, 0.1) is 20.4 Å². The van der Waals surface area contributed by atoms with E-state index >= 15 is 0 Å². The highest BCUT2D eigenvalue weighted by Crippen LogP contribution is 2.31. The van der Waals surface area contributed by atoms with E-state index < -0.39 is 19.7 Å². The maximum atomic E-state index is 12.6. The number of nitriles is 1. The number of rotatable bonds is 4. The molecule has 2 rings (SSSR count). The average molecular weight is 383 g/mol. The van der Waals surface area contributed by atoms with Gasteiger partial charge in [0.15, 0.2) is 0 Å². The molecule has 0 spiro atoms. The van der Waals surface area contributed by atoms with E-state index in [9.17, 15) is 23.8 Å². The highest BCUT2D eigenvalue weighted by molar-refractivity contribution is 7.95. The second-order valence-electron chi connectivity index (χ2n) is 4.51. The van der Waals surface area contributed by atoms with Gasteiger partial charge in [-0.05, 0) is 30.3 Å². The van der Waals surface area contributed by atoms with Crippen molar-refractivity contribution in [2.45, 2.75) is 4.90 Å². The number of allylic oxidation sites excluding steroid dienone is 1. The highest BCUT2D eigenvalue weighted by Gasteiger charge is 2.25. The fourth-order valence-electron chi connectivity index (χ4n) is 1.89. The first-order valence-electron chi connectivity index (χ1n) is 6.32. The minimum atomic E-state index is -4.28. The smallest absolute Gasteiger partial charge is 0.258 e. The summed E-state index contributed by atoms with van der Waals surface area (Å²) in [6, 6.07) is 10.8. The van der Waals surface area contributed by atoms with E-state index in [1.165, 1.54) is 36.4 Å². The molecule has 0 fully saturated rings. The standard InChI is InChI=1S/C15H8Cl2N2O4S/c16-11-5-6-13(17)15(8-11)24(22,23)12(9-18)7-10-3-1-2-4-14(10)19(20)21/h1-8H/b12-7+. The van der Waals surface area contributed by atoms with E-state index in [1.54, 1.807) is 6.07 Å². The van der Waals surface area contributed by atoms with Gasteiger partial charge in [-0.15, -0.1) is 0 Å². The Morgan fingerprint density at radius 2 is 1.88 bits per heavy atom. The molecule has 0 unspecified atom stereocenters. The maximum Gasteiger partial charge on any atom is 0.276 e. The molecule has 0 bridgehead atoms. The van der Waals surface area contributed by atoms with Crippen LogP contribution in [0, 0.1) is 21.4 Å². The minimum Gasteiger partial charge on any atom is -0.258 e. The lowest BCUT2D eigenvalue weighted by Crippen LogP contribution is -2.05. The Bertz CT molecular complexity index is 995. The fourth-order valence-corrected chi connectivity index (χ4v) is 3.79. The van der Waals surface area contributed by atoms with Crippen molar-refractivity contribution in [2.75, 3.05) is 0 Å². The zero-order valence-electron chi connectivity index (χ0n) is 11.8. The normalized spacial score (nSPS) is 11.8. The number of nitrogens with zero attached hydrogens (tertiary/aromatic N) is 2. The van der Waals surface area contributed by atoms with Gasteiger partial charge in [-0.2, -0.15) is 5.26 Å². The number of nitro benzene ring substituents is 1. The van der Waals surface area contributed by atoms with Crippen LogP contribution in [0.3, 0.4) is 0 Å². The lowest BCUT2D eigenvalue weighted by molar-refractivity contribution is -0.385. The van der Waals surface area contributed by atoms with Gasteiger partial charge < -0.3 is 0 Å². The molecule has 0 aliphatic heterocycles. The zero-order valence-corrected chi connectivity index (χ0v) is 14.1. The Labute approximate surface area is 147 Å². The van der Waals surface area contributed by atoms with Gasteiger partial charge in [0, 0.05) is 11.1 Å². The predicted molar refractivity (Wildman–Crippen MR) is 90.3 cm³/mol. The average Bonchev–Trinajstić information content (AvgIpc) is 2.54. The van der Waals surface area contributed by atoms with Crippen molar-refractivity contribution in [1.29, 1.82) is 5.26 Å². The number of sulfone groups is 1. The summed E-state index contributed by atoms with van der Waals surface area (Å²) < 4.78 is 25.2. The zero-order chi connectivity index (χ0) is 17.9. The van der Waals surface area contributed by atoms with Crippen molar-refractivity contribution in [3.8, 4) is 6.07 Å². The van der Waals surface area contributed by atoms with Crippen molar-refractivity contribution in [2.24, 2.45) is 0 Å². The minimum absolute atomic E-state index is 0.0132. The monoisotopic (exact) mass is 382 g/mol. The molecule has 0 atom stereocenters. The number of hydrogen-bond donors (Lipinski definition) is 0. The number of para-hydroxylation sites is 1. The first-order valence-corrected chi connectivity index (χ1v) is 8.56. The second-order valence-corrected chi connectivity index (χ2v) is 7.24. The molecular formula is C15H8Cl2N2O4S. The van der Waals surface area contributed by atoms with Gasteiger partial charge in [-0.3, -0.25) is 10.1 Å². The first-order chi connectivity index (χ1) is 11.3. The molecular weight excluding hydrogens is 375 g/mol. The molecule has 0 saturated heterocycles. The lowest BCUT2D eigenvalue weighted by Gasteiger charge is -2.06. The van der Waals surface area contributed by atoms with Crippen LogP contribution in [-0.2, 0) is 9.84 Å². The summed E-state index contributed by atoms with van der Waals surface area (Å²) in [6.45, 7) is 0. The molecule has 0 aromatic heterocycles. The van der Waals surface area contributed by atoms with E-state index in [-0.39, 0.29) is 26.2 Å². The quantitative estimate of drug-likeness (QED) is 0.447. The summed E-state index contributed by atoms with van der Waals surface area (Å²) in [7, 11) is -4.28. The van der Waals surface area contributed by atoms with E-state index in [2.05, 4.69) is 0 Å². The Balaban J connectivity index is 2.66. The van der Waals surface area contributed by atoms with Crippen LogP contribution in [0.1, 0.15) is 5.56 Å². The Kier molecular flexibility index (Phi) is 5.24. The second kappa shape index (κ2) is 7.01. The summed E-state index contributed by atoms with van der Waals surface area (Å²) in [4.78, 5) is 9.32. The van der Waals surface area contributed by atoms with Gasteiger partial charge >= 0.3 is 0 Å². The van der Waals surface area contributed by atoms with Crippen LogP contribution < -0.4 is 0 Å². The summed E-state index contributed by atoms with van der Waals surface area (Å²) in [5, 5.41) is 20.3. The third-order valence-corrected chi connectivity index (χ3v) is 5.38. The van der Waals surface area contributed by atoms with Gasteiger partial charge in [-0.25, -0.2) is 8.42 Å². The first kappa shape index (κ1) is 17.9. The predicted octanol–water partition coefficient (Wildman–Crippen LogP) is 4.24. The summed E-state index contributed by atoms with van der Waals surface area (Å²) in [5.74, 6) is 0. The number of halogens is 2. The molecule has 2 aromatic carbocycles. The maximum absolute atomic E-state index is 12.6. The topological polar surface area (TPSA) is 101 Å². The van der Waals surface area contributed by atoms with Crippen LogP contribution in [0.15, 0.2) is 52.3 Å². The molecule has 0 N–H and O–H groups in total. The van der Waals surface area contributed by atoms with Crippen LogP contribution >= 0.6 is 23.2 Å². The Hall–Kier alpha value is -2.40. The van der Waals surface area contributed by atoms with Crippen LogP contribution in [0.25, 0.3) is 6.08 Å². The van der Waals surface area contributed by atoms with Gasteiger partial charge in [-0.1, -0.05) is 35.3 Å². The number of nitro groups is 1. The molecule has 122 valence electrons. The third-order valence-electron chi connectivity index (χ3n) is 3.00. The molecule has 0 aliphatic carbocycles. The third kappa shape index (κ3) is 3.57. The molecule has 0 aliphatic rings. The van der Waals surface area contributed by atoms with E-state index in [4.69, 9.17) is 23.2 Å². The lowest BCUT2D eigenvalue weighted by atomic mass is 10.1. The largest absolute Gasteiger partial charge is 0.276 e. The van der Waals surface area contributed by atoms with Gasteiger partial charge in [0.2, 0.25) is 9.84 Å². The molecule has 24 heavy (non-hydrogen) atoms. The van der Waals surface area contributed by atoms with Crippen LogP contribution in [0.2, 0.25) is 10.0 Å². The number of benzene rings is 2. The molecule has 0 heterocycles. The van der Waals surface area contributed by atoms with E-state index in [0.29, 0.717) is 0 Å². The Morgan fingerprint density at radius 1 is 1.21 bits per heavy atom. The summed E-state index contributed by atoms with van der Waals surface area (Å²) in [5.41, 5.74) is -0.335. The molecule has 9 heteroatoms. The van der Waals surface area contributed by atoms with Crippen LogP contribution in [0.5, 0.6) is 0 Å². The highest BCUT2D eigenvalue weighted by atomic mass is 35.5. The van der Waals surface area contributed by atoms with Crippen molar-refractivity contribution in [3.63, 3.8) is 0 Å². The Morgan fingerprint density at radius 3 is 2.50 bits per heavy atom. The summed E-state index contributed by atoms with van der Waals surface area (Å²) in [6.07, 6.45) is 0.935. The van der Waals surface area contributed by atoms with Gasteiger partial charge in [0.25, 0.3) is 5.69 Å². The summed E-state index contributed by atoms with van der Waals surface area (Å²) >= 11 is 11.7. The van der Waals surface area contributed by atoms with Crippen molar-refractivity contribution in [1.82, 2.24) is 0 Å². The SMILES string of the molecule is N#C/C(=C\c1ccccc1[N+](=O)[O-])S(=O)(=O)c1cc(Cl)ccc1Cl.